The average Bonchev–Trinajstić information content (AvgIpc) is 3.09. The molecular weight excluding hydrogens is 334 g/mol. The van der Waals surface area contributed by atoms with Crippen LogP contribution in [0.25, 0.3) is 22.4 Å². The molecule has 0 saturated heterocycles. The number of carbonyl (C=O) groups excluding carboxylic acids is 1. The maximum Gasteiger partial charge on any atom is 0.228 e. The first-order chi connectivity index (χ1) is 13.1. The highest BCUT2D eigenvalue weighted by atomic mass is 16.1. The Morgan fingerprint density at radius 3 is 2.63 bits per heavy atom. The number of nitrogens with one attached hydrogen (secondary N) is 2. The molecule has 0 atom stereocenters. The van der Waals surface area contributed by atoms with Gasteiger partial charge in [0.05, 0.1) is 17.5 Å². The summed E-state index contributed by atoms with van der Waals surface area (Å²) < 4.78 is 0. The Balaban J connectivity index is 1.51. The molecule has 0 unspecified atom stereocenters. The number of para-hydroxylation sites is 2. The van der Waals surface area contributed by atoms with E-state index in [9.17, 15) is 4.79 Å². The van der Waals surface area contributed by atoms with Crippen molar-refractivity contribution < 1.29 is 4.79 Å². The highest BCUT2D eigenvalue weighted by Gasteiger charge is 2.08. The maximum atomic E-state index is 12.4. The van der Waals surface area contributed by atoms with Crippen LogP contribution in [-0.4, -0.2) is 15.9 Å². The number of rotatable bonds is 4. The topological polar surface area (TPSA) is 57.8 Å². The van der Waals surface area contributed by atoms with Crippen LogP contribution in [0, 0.1) is 13.8 Å². The lowest BCUT2D eigenvalue weighted by Gasteiger charge is -2.08. The van der Waals surface area contributed by atoms with E-state index in [2.05, 4.69) is 41.3 Å². The van der Waals surface area contributed by atoms with Gasteiger partial charge in [0.2, 0.25) is 5.91 Å². The zero-order valence-electron chi connectivity index (χ0n) is 15.4. The van der Waals surface area contributed by atoms with Gasteiger partial charge in [0.15, 0.2) is 0 Å². The van der Waals surface area contributed by atoms with Gasteiger partial charge in [-0.15, -0.1) is 0 Å². The zero-order valence-corrected chi connectivity index (χ0v) is 15.4. The van der Waals surface area contributed by atoms with E-state index in [1.165, 1.54) is 11.1 Å². The number of benzene rings is 3. The number of H-pyrrole nitrogens is 1. The van der Waals surface area contributed by atoms with E-state index in [1.54, 1.807) is 0 Å². The van der Waals surface area contributed by atoms with Crippen LogP contribution >= 0.6 is 0 Å². The minimum absolute atomic E-state index is 0.0278. The molecule has 0 spiro atoms. The molecule has 4 nitrogen and oxygen atoms in total. The van der Waals surface area contributed by atoms with Gasteiger partial charge < -0.3 is 10.3 Å². The molecule has 0 radical (unpaired) electrons. The quantitative estimate of drug-likeness (QED) is 0.539. The number of amides is 1. The Bertz CT molecular complexity index is 1090. The molecule has 1 heterocycles. The monoisotopic (exact) mass is 355 g/mol. The summed E-state index contributed by atoms with van der Waals surface area (Å²) in [6, 6.07) is 21.8. The standard InChI is InChI=1S/C23H21N3O/c1-15-10-11-17(12-16(15)2)13-22(27)24-19-7-5-6-18(14-19)23-25-20-8-3-4-9-21(20)26-23/h3-12,14H,13H2,1-2H3,(H,24,27)(H,25,26). The second-order valence-electron chi connectivity index (χ2n) is 6.83. The molecule has 134 valence electrons. The van der Waals surface area contributed by atoms with Gasteiger partial charge in [0, 0.05) is 11.3 Å². The molecule has 3 aromatic carbocycles. The first kappa shape index (κ1) is 17.0. The van der Waals surface area contributed by atoms with Crippen LogP contribution in [-0.2, 0) is 11.2 Å². The largest absolute Gasteiger partial charge is 0.338 e. The summed E-state index contributed by atoms with van der Waals surface area (Å²) in [6.07, 6.45) is 0.357. The number of fused-ring (bicyclic) bond motifs is 1. The Hall–Kier alpha value is -3.40. The highest BCUT2D eigenvalue weighted by Crippen LogP contribution is 2.23. The van der Waals surface area contributed by atoms with Crippen LogP contribution in [0.3, 0.4) is 0 Å². The van der Waals surface area contributed by atoms with E-state index >= 15 is 0 Å². The van der Waals surface area contributed by atoms with Gasteiger partial charge in [0.1, 0.15) is 5.82 Å². The van der Waals surface area contributed by atoms with Gasteiger partial charge in [0.25, 0.3) is 0 Å². The van der Waals surface area contributed by atoms with Crippen LogP contribution in [0.1, 0.15) is 16.7 Å². The first-order valence-corrected chi connectivity index (χ1v) is 9.00. The molecule has 27 heavy (non-hydrogen) atoms. The van der Waals surface area contributed by atoms with E-state index in [-0.39, 0.29) is 5.91 Å². The van der Waals surface area contributed by atoms with E-state index in [0.717, 1.165) is 33.7 Å². The maximum absolute atomic E-state index is 12.4. The summed E-state index contributed by atoms with van der Waals surface area (Å²) in [6.45, 7) is 4.14. The lowest BCUT2D eigenvalue weighted by Crippen LogP contribution is -2.14. The van der Waals surface area contributed by atoms with Gasteiger partial charge in [-0.3, -0.25) is 4.79 Å². The fraction of sp³-hybridized carbons (Fsp3) is 0.130. The van der Waals surface area contributed by atoms with Crippen LogP contribution in [0.5, 0.6) is 0 Å². The Kier molecular flexibility index (Phi) is 4.47. The van der Waals surface area contributed by atoms with Crippen molar-refractivity contribution in [3.05, 3.63) is 83.4 Å². The molecule has 1 amide bonds. The second-order valence-corrected chi connectivity index (χ2v) is 6.83. The number of hydrogen-bond acceptors (Lipinski definition) is 2. The van der Waals surface area contributed by atoms with Gasteiger partial charge in [-0.2, -0.15) is 0 Å². The molecule has 0 saturated carbocycles. The molecule has 0 aliphatic carbocycles. The third-order valence-corrected chi connectivity index (χ3v) is 4.75. The lowest BCUT2D eigenvalue weighted by atomic mass is 10.0. The fourth-order valence-corrected chi connectivity index (χ4v) is 3.14. The van der Waals surface area contributed by atoms with Gasteiger partial charge in [-0.1, -0.05) is 42.5 Å². The smallest absolute Gasteiger partial charge is 0.228 e. The summed E-state index contributed by atoms with van der Waals surface area (Å²) in [5.74, 6) is 0.765. The number of hydrogen-bond donors (Lipinski definition) is 2. The van der Waals surface area contributed by atoms with E-state index in [1.807, 2.05) is 54.6 Å². The van der Waals surface area contributed by atoms with Crippen LogP contribution in [0.2, 0.25) is 0 Å². The number of aromatic nitrogens is 2. The van der Waals surface area contributed by atoms with Crippen molar-refractivity contribution in [1.29, 1.82) is 0 Å². The number of nitrogens with zero attached hydrogens (tertiary/aromatic N) is 1. The molecule has 4 aromatic rings. The molecule has 4 heteroatoms. The Morgan fingerprint density at radius 2 is 1.81 bits per heavy atom. The lowest BCUT2D eigenvalue weighted by molar-refractivity contribution is -0.115. The first-order valence-electron chi connectivity index (χ1n) is 9.00. The summed E-state index contributed by atoms with van der Waals surface area (Å²) in [7, 11) is 0. The molecule has 0 fully saturated rings. The van der Waals surface area contributed by atoms with Crippen LogP contribution < -0.4 is 5.32 Å². The molecule has 0 bridgehead atoms. The van der Waals surface area contributed by atoms with Crippen molar-refractivity contribution in [3.8, 4) is 11.4 Å². The van der Waals surface area contributed by atoms with Crippen molar-refractivity contribution in [2.75, 3.05) is 5.32 Å². The number of aryl methyl sites for hydroxylation is 2. The van der Waals surface area contributed by atoms with Crippen LogP contribution in [0.15, 0.2) is 66.7 Å². The Labute approximate surface area is 158 Å². The van der Waals surface area contributed by atoms with Crippen LogP contribution in [0.4, 0.5) is 5.69 Å². The second kappa shape index (κ2) is 7.08. The predicted molar refractivity (Wildman–Crippen MR) is 110 cm³/mol. The zero-order chi connectivity index (χ0) is 18.8. The average molecular weight is 355 g/mol. The van der Waals surface area contributed by atoms with Gasteiger partial charge in [-0.25, -0.2) is 4.98 Å². The molecule has 0 aliphatic rings. The number of anilines is 1. The van der Waals surface area contributed by atoms with Gasteiger partial charge >= 0.3 is 0 Å². The van der Waals surface area contributed by atoms with Gasteiger partial charge in [-0.05, 0) is 54.8 Å². The number of carbonyl (C=O) groups is 1. The summed E-state index contributed by atoms with van der Waals surface area (Å²) in [5, 5.41) is 2.99. The van der Waals surface area contributed by atoms with E-state index in [4.69, 9.17) is 0 Å². The third-order valence-electron chi connectivity index (χ3n) is 4.75. The Morgan fingerprint density at radius 1 is 0.963 bits per heavy atom. The molecule has 2 N–H and O–H groups in total. The molecule has 1 aromatic heterocycles. The molecular formula is C23H21N3O. The van der Waals surface area contributed by atoms with Crippen molar-refractivity contribution >= 4 is 22.6 Å². The van der Waals surface area contributed by atoms with Crippen molar-refractivity contribution in [2.24, 2.45) is 0 Å². The summed E-state index contributed by atoms with van der Waals surface area (Å²) in [4.78, 5) is 20.4. The fourth-order valence-electron chi connectivity index (χ4n) is 3.14. The van der Waals surface area contributed by atoms with E-state index < -0.39 is 0 Å². The normalized spacial score (nSPS) is 10.9. The van der Waals surface area contributed by atoms with Crippen molar-refractivity contribution in [3.63, 3.8) is 0 Å². The SMILES string of the molecule is Cc1ccc(CC(=O)Nc2cccc(-c3nc4ccccc4[nH]3)c2)cc1C. The summed E-state index contributed by atoms with van der Waals surface area (Å²) in [5.41, 5.74) is 7.08. The minimum Gasteiger partial charge on any atom is -0.338 e. The number of imidazole rings is 1. The number of aromatic amines is 1. The van der Waals surface area contributed by atoms with E-state index in [0.29, 0.717) is 6.42 Å². The summed E-state index contributed by atoms with van der Waals surface area (Å²) >= 11 is 0. The molecule has 4 rings (SSSR count). The van der Waals surface area contributed by atoms with Crippen molar-refractivity contribution in [1.82, 2.24) is 9.97 Å². The molecule has 0 aliphatic heterocycles. The van der Waals surface area contributed by atoms with Crippen molar-refractivity contribution in [2.45, 2.75) is 20.3 Å². The minimum atomic E-state index is -0.0278. The third kappa shape index (κ3) is 3.75. The highest BCUT2D eigenvalue weighted by molar-refractivity contribution is 5.93. The predicted octanol–water partition coefficient (Wildman–Crippen LogP) is 5.03.